The fourth-order valence-corrected chi connectivity index (χ4v) is 2.59. The van der Waals surface area contributed by atoms with Gasteiger partial charge in [-0.1, -0.05) is 6.92 Å². The van der Waals surface area contributed by atoms with Crippen LogP contribution >= 0.6 is 0 Å². The summed E-state index contributed by atoms with van der Waals surface area (Å²) in [4.78, 5) is 28.8. The van der Waals surface area contributed by atoms with Gasteiger partial charge in [0.1, 0.15) is 17.6 Å². The van der Waals surface area contributed by atoms with E-state index in [4.69, 9.17) is 0 Å². The topological polar surface area (TPSA) is 88.4 Å². The van der Waals surface area contributed by atoms with Gasteiger partial charge in [-0.15, -0.1) is 0 Å². The van der Waals surface area contributed by atoms with Crippen molar-refractivity contribution in [3.05, 3.63) is 27.9 Å². The first-order valence-electron chi connectivity index (χ1n) is 7.20. The number of nitrogens with zero attached hydrogens (tertiary/aromatic N) is 3. The van der Waals surface area contributed by atoms with Gasteiger partial charge in [0.25, 0.3) is 11.6 Å². The molecule has 1 aliphatic rings. The molecule has 1 aromatic heterocycles. The van der Waals surface area contributed by atoms with Crippen LogP contribution in [0.4, 0.5) is 11.5 Å². The summed E-state index contributed by atoms with van der Waals surface area (Å²) in [6, 6.07) is 1.48. The Bertz CT molecular complexity index is 547. The molecule has 1 amide bonds. The van der Waals surface area contributed by atoms with E-state index in [0.717, 1.165) is 19.0 Å². The van der Waals surface area contributed by atoms with E-state index in [2.05, 4.69) is 17.2 Å². The molecule has 1 fully saturated rings. The first-order valence-corrected chi connectivity index (χ1v) is 7.20. The number of anilines is 1. The number of amides is 1. The minimum atomic E-state index is -0.552. The van der Waals surface area contributed by atoms with Crippen LogP contribution in [0.5, 0.6) is 0 Å². The molecule has 0 spiro atoms. The molecular formula is C14H20N4O3. The van der Waals surface area contributed by atoms with Crippen LogP contribution in [0.1, 0.15) is 37.0 Å². The number of nitro groups is 1. The average Bonchev–Trinajstić information content (AvgIpc) is 2.46. The standard InChI is InChI=1S/C14H20N4O3/c1-3-15-13-7-11(12(8-16-13)18(20)21)14(19)17-6-4-5-10(2)9-17/h7-8,10H,3-6,9H2,1-2H3,(H,15,16). The molecule has 0 saturated carbocycles. The summed E-state index contributed by atoms with van der Waals surface area (Å²) in [7, 11) is 0. The van der Waals surface area contributed by atoms with Crippen molar-refractivity contribution in [1.82, 2.24) is 9.88 Å². The molecule has 2 heterocycles. The average molecular weight is 292 g/mol. The van der Waals surface area contributed by atoms with Crippen LogP contribution in [-0.2, 0) is 0 Å². The molecule has 0 aliphatic carbocycles. The summed E-state index contributed by atoms with van der Waals surface area (Å²) in [5.41, 5.74) is -0.125. The van der Waals surface area contributed by atoms with Crippen LogP contribution in [0.25, 0.3) is 0 Å². The van der Waals surface area contributed by atoms with Gasteiger partial charge in [0.2, 0.25) is 0 Å². The summed E-state index contributed by atoms with van der Waals surface area (Å²) in [5.74, 6) is 0.628. The second kappa shape index (κ2) is 6.51. The quantitative estimate of drug-likeness (QED) is 0.679. The maximum atomic E-state index is 12.6. The van der Waals surface area contributed by atoms with Gasteiger partial charge in [-0.3, -0.25) is 14.9 Å². The molecule has 114 valence electrons. The van der Waals surface area contributed by atoms with Crippen molar-refractivity contribution in [2.24, 2.45) is 5.92 Å². The Hall–Kier alpha value is -2.18. The smallest absolute Gasteiger partial charge is 0.300 e. The van der Waals surface area contributed by atoms with Crippen molar-refractivity contribution < 1.29 is 9.72 Å². The highest BCUT2D eigenvalue weighted by Gasteiger charge is 2.28. The van der Waals surface area contributed by atoms with Gasteiger partial charge >= 0.3 is 0 Å². The molecule has 0 radical (unpaired) electrons. The van der Waals surface area contributed by atoms with Crippen molar-refractivity contribution in [3.8, 4) is 0 Å². The molecule has 1 atom stereocenters. The van der Waals surface area contributed by atoms with Crippen molar-refractivity contribution >= 4 is 17.4 Å². The normalized spacial score (nSPS) is 18.4. The first kappa shape index (κ1) is 15.2. The number of carbonyl (C=O) groups is 1. The van der Waals surface area contributed by atoms with E-state index in [1.54, 1.807) is 4.90 Å². The van der Waals surface area contributed by atoms with Gasteiger partial charge in [-0.05, 0) is 25.7 Å². The Morgan fingerprint density at radius 3 is 3.00 bits per heavy atom. The third kappa shape index (κ3) is 3.48. The lowest BCUT2D eigenvalue weighted by Gasteiger charge is -2.30. The van der Waals surface area contributed by atoms with Gasteiger partial charge in [0.05, 0.1) is 4.92 Å². The fourth-order valence-electron chi connectivity index (χ4n) is 2.59. The second-order valence-electron chi connectivity index (χ2n) is 5.37. The molecule has 7 nitrogen and oxygen atoms in total. The van der Waals surface area contributed by atoms with E-state index in [0.29, 0.717) is 31.4 Å². The summed E-state index contributed by atoms with van der Waals surface area (Å²) < 4.78 is 0. The predicted octanol–water partition coefficient (Wildman–Crippen LogP) is 2.29. The third-order valence-corrected chi connectivity index (χ3v) is 3.61. The molecule has 0 aromatic carbocycles. The van der Waals surface area contributed by atoms with E-state index in [1.807, 2.05) is 6.92 Å². The highest BCUT2D eigenvalue weighted by atomic mass is 16.6. The number of nitrogens with one attached hydrogen (secondary N) is 1. The number of hydrogen-bond acceptors (Lipinski definition) is 5. The van der Waals surface area contributed by atoms with Crippen LogP contribution < -0.4 is 5.32 Å². The summed E-state index contributed by atoms with van der Waals surface area (Å²) in [6.45, 7) is 5.93. The van der Waals surface area contributed by atoms with Gasteiger partial charge in [0.15, 0.2) is 0 Å². The lowest BCUT2D eigenvalue weighted by atomic mass is 9.99. The van der Waals surface area contributed by atoms with Crippen LogP contribution in [0.15, 0.2) is 12.3 Å². The Labute approximate surface area is 123 Å². The zero-order chi connectivity index (χ0) is 15.4. The number of hydrogen-bond donors (Lipinski definition) is 1. The molecule has 7 heteroatoms. The summed E-state index contributed by atoms with van der Waals surface area (Å²) >= 11 is 0. The van der Waals surface area contributed by atoms with Crippen molar-refractivity contribution in [1.29, 1.82) is 0 Å². The molecule has 1 N–H and O–H groups in total. The number of likely N-dealkylation sites (tertiary alicyclic amines) is 1. The lowest BCUT2D eigenvalue weighted by molar-refractivity contribution is -0.385. The Kier molecular flexibility index (Phi) is 4.72. The molecule has 1 unspecified atom stereocenters. The lowest BCUT2D eigenvalue weighted by Crippen LogP contribution is -2.39. The van der Waals surface area contributed by atoms with Crippen molar-refractivity contribution in [3.63, 3.8) is 0 Å². The van der Waals surface area contributed by atoms with Gasteiger partial charge in [-0.2, -0.15) is 0 Å². The number of rotatable bonds is 4. The summed E-state index contributed by atoms with van der Waals surface area (Å²) in [5, 5.41) is 14.1. The fraction of sp³-hybridized carbons (Fsp3) is 0.571. The van der Waals surface area contributed by atoms with E-state index >= 15 is 0 Å². The Morgan fingerprint density at radius 2 is 2.38 bits per heavy atom. The number of pyridine rings is 1. The second-order valence-corrected chi connectivity index (χ2v) is 5.37. The van der Waals surface area contributed by atoms with Crippen LogP contribution in [0.2, 0.25) is 0 Å². The molecular weight excluding hydrogens is 272 g/mol. The van der Waals surface area contributed by atoms with Crippen molar-refractivity contribution in [2.45, 2.75) is 26.7 Å². The predicted molar refractivity (Wildman–Crippen MR) is 79.4 cm³/mol. The number of piperidine rings is 1. The van der Waals surface area contributed by atoms with Gasteiger partial charge < -0.3 is 10.2 Å². The molecule has 2 rings (SSSR count). The van der Waals surface area contributed by atoms with Gasteiger partial charge in [0, 0.05) is 25.7 Å². The van der Waals surface area contributed by atoms with Crippen LogP contribution in [0, 0.1) is 16.0 Å². The molecule has 1 aliphatic heterocycles. The SMILES string of the molecule is CCNc1cc(C(=O)N2CCCC(C)C2)c([N+](=O)[O-])cn1. The molecule has 1 saturated heterocycles. The summed E-state index contributed by atoms with van der Waals surface area (Å²) in [6.07, 6.45) is 3.18. The molecule has 21 heavy (non-hydrogen) atoms. The largest absolute Gasteiger partial charge is 0.370 e. The monoisotopic (exact) mass is 292 g/mol. The van der Waals surface area contributed by atoms with E-state index in [-0.39, 0.29) is 17.2 Å². The molecule has 1 aromatic rings. The zero-order valence-electron chi connectivity index (χ0n) is 12.3. The maximum Gasteiger partial charge on any atom is 0.300 e. The number of carbonyl (C=O) groups excluding carboxylic acids is 1. The minimum absolute atomic E-state index is 0.111. The van der Waals surface area contributed by atoms with Gasteiger partial charge in [-0.25, -0.2) is 4.98 Å². The minimum Gasteiger partial charge on any atom is -0.370 e. The highest BCUT2D eigenvalue weighted by Crippen LogP contribution is 2.24. The maximum absolute atomic E-state index is 12.6. The van der Waals surface area contributed by atoms with E-state index in [1.165, 1.54) is 6.07 Å². The Morgan fingerprint density at radius 1 is 1.62 bits per heavy atom. The third-order valence-electron chi connectivity index (χ3n) is 3.61. The molecule has 0 bridgehead atoms. The Balaban J connectivity index is 2.32. The van der Waals surface area contributed by atoms with E-state index < -0.39 is 4.92 Å². The zero-order valence-corrected chi connectivity index (χ0v) is 12.3. The van der Waals surface area contributed by atoms with Crippen molar-refractivity contribution in [2.75, 3.05) is 25.0 Å². The number of aromatic nitrogens is 1. The van der Waals surface area contributed by atoms with Crippen LogP contribution in [-0.4, -0.2) is 40.3 Å². The van der Waals surface area contributed by atoms with Crippen LogP contribution in [0.3, 0.4) is 0 Å². The highest BCUT2D eigenvalue weighted by molar-refractivity contribution is 5.98. The van der Waals surface area contributed by atoms with E-state index in [9.17, 15) is 14.9 Å². The first-order chi connectivity index (χ1) is 10.0.